The fourth-order valence-corrected chi connectivity index (χ4v) is 1.87. The second kappa shape index (κ2) is 5.59. The fraction of sp³-hybridized carbons (Fsp3) is 0.500. The van der Waals surface area contributed by atoms with E-state index in [0.717, 1.165) is 5.69 Å². The van der Waals surface area contributed by atoms with Crippen LogP contribution < -0.4 is 5.32 Å². The molecule has 0 saturated carbocycles. The molecule has 1 aromatic carbocycles. The number of methoxy groups -OCH3 is 1. The van der Waals surface area contributed by atoms with Crippen LogP contribution in [0, 0.1) is 0 Å². The van der Waals surface area contributed by atoms with Crippen LogP contribution in [-0.2, 0) is 14.2 Å². The SMILES string of the molecule is COC(=O)c1cccc(NC2COC(C)(C)OC2)c1. The van der Waals surface area contributed by atoms with Crippen LogP contribution in [0.1, 0.15) is 24.2 Å². The number of ether oxygens (including phenoxy) is 3. The van der Waals surface area contributed by atoms with Crippen molar-refractivity contribution >= 4 is 11.7 Å². The number of rotatable bonds is 3. The first-order valence-electron chi connectivity index (χ1n) is 6.23. The van der Waals surface area contributed by atoms with Crippen LogP contribution >= 0.6 is 0 Å². The molecule has 2 rings (SSSR count). The molecule has 1 N–H and O–H groups in total. The van der Waals surface area contributed by atoms with Crippen LogP contribution in [0.5, 0.6) is 0 Å². The summed E-state index contributed by atoms with van der Waals surface area (Å²) in [4.78, 5) is 11.4. The number of carbonyl (C=O) groups excluding carboxylic acids is 1. The largest absolute Gasteiger partial charge is 0.465 e. The molecular weight excluding hydrogens is 246 g/mol. The molecule has 0 atom stereocenters. The van der Waals surface area contributed by atoms with Crippen molar-refractivity contribution in [2.24, 2.45) is 0 Å². The molecule has 1 heterocycles. The van der Waals surface area contributed by atoms with Crippen molar-refractivity contribution in [2.45, 2.75) is 25.7 Å². The molecule has 5 heteroatoms. The quantitative estimate of drug-likeness (QED) is 0.847. The van der Waals surface area contributed by atoms with Crippen molar-refractivity contribution in [3.8, 4) is 0 Å². The summed E-state index contributed by atoms with van der Waals surface area (Å²) < 4.78 is 15.8. The van der Waals surface area contributed by atoms with Gasteiger partial charge in [0.1, 0.15) is 0 Å². The molecule has 19 heavy (non-hydrogen) atoms. The summed E-state index contributed by atoms with van der Waals surface area (Å²) in [6, 6.07) is 7.25. The molecule has 0 aliphatic carbocycles. The van der Waals surface area contributed by atoms with E-state index in [-0.39, 0.29) is 12.0 Å². The highest BCUT2D eigenvalue weighted by molar-refractivity contribution is 5.90. The molecule has 1 fully saturated rings. The molecule has 0 radical (unpaired) electrons. The predicted octanol–water partition coefficient (Wildman–Crippen LogP) is 2.04. The Balaban J connectivity index is 1.98. The Morgan fingerprint density at radius 3 is 2.68 bits per heavy atom. The van der Waals surface area contributed by atoms with Gasteiger partial charge in [0.2, 0.25) is 0 Å². The Morgan fingerprint density at radius 2 is 2.05 bits per heavy atom. The van der Waals surface area contributed by atoms with Crippen LogP contribution in [0.15, 0.2) is 24.3 Å². The van der Waals surface area contributed by atoms with Crippen LogP contribution in [0.3, 0.4) is 0 Å². The van der Waals surface area contributed by atoms with Crippen LogP contribution in [-0.4, -0.2) is 38.1 Å². The van der Waals surface area contributed by atoms with E-state index in [0.29, 0.717) is 18.8 Å². The van der Waals surface area contributed by atoms with Crippen LogP contribution in [0.4, 0.5) is 5.69 Å². The number of nitrogens with one attached hydrogen (secondary N) is 1. The lowest BCUT2D eigenvalue weighted by atomic mass is 10.2. The van der Waals surface area contributed by atoms with Gasteiger partial charge in [-0.25, -0.2) is 4.79 Å². The molecule has 0 bridgehead atoms. The standard InChI is InChI=1S/C14H19NO4/c1-14(2)18-8-12(9-19-14)15-11-6-4-5-10(7-11)13(16)17-3/h4-7,12,15H,8-9H2,1-3H3. The minimum absolute atomic E-state index is 0.0703. The Kier molecular flexibility index (Phi) is 4.07. The van der Waals surface area contributed by atoms with Gasteiger partial charge in [-0.05, 0) is 32.0 Å². The number of anilines is 1. The van der Waals surface area contributed by atoms with Gasteiger partial charge in [-0.2, -0.15) is 0 Å². The minimum atomic E-state index is -0.522. The molecule has 1 aliphatic rings. The van der Waals surface area contributed by atoms with Crippen molar-refractivity contribution in [3.05, 3.63) is 29.8 Å². The predicted molar refractivity (Wildman–Crippen MR) is 71.2 cm³/mol. The van der Waals surface area contributed by atoms with Gasteiger partial charge in [0.05, 0.1) is 31.9 Å². The summed E-state index contributed by atoms with van der Waals surface area (Å²) in [5.74, 6) is -0.868. The lowest BCUT2D eigenvalue weighted by Gasteiger charge is -2.35. The highest BCUT2D eigenvalue weighted by atomic mass is 16.7. The van der Waals surface area contributed by atoms with Crippen molar-refractivity contribution in [2.75, 3.05) is 25.6 Å². The average molecular weight is 265 g/mol. The topological polar surface area (TPSA) is 56.8 Å². The van der Waals surface area contributed by atoms with Crippen molar-refractivity contribution < 1.29 is 19.0 Å². The maximum Gasteiger partial charge on any atom is 0.337 e. The highest BCUT2D eigenvalue weighted by Gasteiger charge is 2.28. The lowest BCUT2D eigenvalue weighted by Crippen LogP contribution is -2.45. The minimum Gasteiger partial charge on any atom is -0.465 e. The lowest BCUT2D eigenvalue weighted by molar-refractivity contribution is -0.247. The molecule has 1 saturated heterocycles. The Morgan fingerprint density at radius 1 is 1.37 bits per heavy atom. The summed E-state index contributed by atoms with van der Waals surface area (Å²) >= 11 is 0. The van der Waals surface area contributed by atoms with E-state index in [1.54, 1.807) is 12.1 Å². The van der Waals surface area contributed by atoms with Crippen molar-refractivity contribution in [1.29, 1.82) is 0 Å². The van der Waals surface area contributed by atoms with E-state index in [1.807, 2.05) is 26.0 Å². The third-order valence-electron chi connectivity index (χ3n) is 2.92. The number of carbonyl (C=O) groups is 1. The molecule has 0 amide bonds. The van der Waals surface area contributed by atoms with E-state index in [1.165, 1.54) is 7.11 Å². The smallest absolute Gasteiger partial charge is 0.337 e. The normalized spacial score (nSPS) is 18.9. The van der Waals surface area contributed by atoms with E-state index < -0.39 is 5.79 Å². The van der Waals surface area contributed by atoms with E-state index in [2.05, 4.69) is 5.32 Å². The highest BCUT2D eigenvalue weighted by Crippen LogP contribution is 2.20. The fourth-order valence-electron chi connectivity index (χ4n) is 1.87. The molecule has 0 unspecified atom stereocenters. The maximum absolute atomic E-state index is 11.4. The first-order valence-corrected chi connectivity index (χ1v) is 6.23. The first-order chi connectivity index (χ1) is 9.00. The molecule has 1 aliphatic heterocycles. The maximum atomic E-state index is 11.4. The summed E-state index contributed by atoms with van der Waals surface area (Å²) in [7, 11) is 1.37. The third kappa shape index (κ3) is 3.68. The number of benzene rings is 1. The second-order valence-corrected chi connectivity index (χ2v) is 4.94. The molecule has 104 valence electrons. The second-order valence-electron chi connectivity index (χ2n) is 4.94. The van der Waals surface area contributed by atoms with Crippen molar-refractivity contribution in [3.63, 3.8) is 0 Å². The Hall–Kier alpha value is -1.59. The molecule has 5 nitrogen and oxygen atoms in total. The van der Waals surface area contributed by atoms with Gasteiger partial charge in [0.25, 0.3) is 0 Å². The van der Waals surface area contributed by atoms with Gasteiger partial charge in [-0.15, -0.1) is 0 Å². The molecule has 0 spiro atoms. The van der Waals surface area contributed by atoms with Crippen LogP contribution in [0.2, 0.25) is 0 Å². The van der Waals surface area contributed by atoms with Crippen molar-refractivity contribution in [1.82, 2.24) is 0 Å². The average Bonchev–Trinajstić information content (AvgIpc) is 2.41. The summed E-state index contributed by atoms with van der Waals surface area (Å²) in [5.41, 5.74) is 1.37. The molecule has 0 aromatic heterocycles. The first kappa shape index (κ1) is 13.8. The number of hydrogen-bond donors (Lipinski definition) is 1. The summed E-state index contributed by atoms with van der Waals surface area (Å²) in [6.07, 6.45) is 0. The van der Waals surface area contributed by atoms with E-state index >= 15 is 0 Å². The van der Waals surface area contributed by atoms with Gasteiger partial charge in [0.15, 0.2) is 5.79 Å². The zero-order chi connectivity index (χ0) is 13.9. The number of hydrogen-bond acceptors (Lipinski definition) is 5. The zero-order valence-electron chi connectivity index (χ0n) is 11.4. The van der Waals surface area contributed by atoms with Gasteiger partial charge in [-0.1, -0.05) is 6.07 Å². The zero-order valence-corrected chi connectivity index (χ0v) is 11.4. The Bertz CT molecular complexity index is 449. The van der Waals surface area contributed by atoms with Gasteiger partial charge in [-0.3, -0.25) is 0 Å². The monoisotopic (exact) mass is 265 g/mol. The van der Waals surface area contributed by atoms with Crippen LogP contribution in [0.25, 0.3) is 0 Å². The van der Waals surface area contributed by atoms with Gasteiger partial charge >= 0.3 is 5.97 Å². The van der Waals surface area contributed by atoms with Gasteiger partial charge in [0, 0.05) is 5.69 Å². The molecule has 1 aromatic rings. The Labute approximate surface area is 112 Å². The molecular formula is C14H19NO4. The number of esters is 1. The van der Waals surface area contributed by atoms with Gasteiger partial charge < -0.3 is 19.5 Å². The third-order valence-corrected chi connectivity index (χ3v) is 2.92. The van der Waals surface area contributed by atoms with E-state index in [9.17, 15) is 4.79 Å². The summed E-state index contributed by atoms with van der Waals surface area (Å²) in [6.45, 7) is 4.91. The summed E-state index contributed by atoms with van der Waals surface area (Å²) in [5, 5.41) is 3.28. The van der Waals surface area contributed by atoms with E-state index in [4.69, 9.17) is 14.2 Å².